The van der Waals surface area contributed by atoms with E-state index in [0.717, 1.165) is 6.42 Å². The number of nitriles is 1. The molecule has 1 unspecified atom stereocenters. The van der Waals surface area contributed by atoms with Gasteiger partial charge < -0.3 is 14.9 Å². The van der Waals surface area contributed by atoms with Crippen LogP contribution >= 0.6 is 0 Å². The summed E-state index contributed by atoms with van der Waals surface area (Å²) < 4.78 is 14.4. The van der Waals surface area contributed by atoms with Gasteiger partial charge in [-0.1, -0.05) is 18.2 Å². The lowest BCUT2D eigenvalue weighted by molar-refractivity contribution is -0.147. The van der Waals surface area contributed by atoms with Gasteiger partial charge in [0.25, 0.3) is 0 Å². The molecule has 6 nitrogen and oxygen atoms in total. The molecule has 150 valence electrons. The van der Waals surface area contributed by atoms with Crippen LogP contribution in [-0.2, 0) is 11.2 Å². The average molecular weight is 394 g/mol. The van der Waals surface area contributed by atoms with Gasteiger partial charge in [-0.2, -0.15) is 5.26 Å². The highest BCUT2D eigenvalue weighted by Gasteiger charge is 2.52. The van der Waals surface area contributed by atoms with Crippen LogP contribution in [0.5, 0.6) is 0 Å². The fourth-order valence-electron chi connectivity index (χ4n) is 4.37. The molecular weight excluding hydrogens is 371 g/mol. The van der Waals surface area contributed by atoms with Gasteiger partial charge in [-0.25, -0.2) is 9.37 Å². The maximum absolute atomic E-state index is 14.4. The normalized spacial score (nSPS) is 20.7. The Morgan fingerprint density at radius 3 is 2.83 bits per heavy atom. The first-order valence-electron chi connectivity index (χ1n) is 9.83. The zero-order valence-electron chi connectivity index (χ0n) is 16.1. The summed E-state index contributed by atoms with van der Waals surface area (Å²) in [6.07, 6.45) is 2.82. The summed E-state index contributed by atoms with van der Waals surface area (Å²) in [4.78, 5) is 21.4. The summed E-state index contributed by atoms with van der Waals surface area (Å²) >= 11 is 0. The number of likely N-dealkylation sites (tertiary alicyclic amines) is 1. The molecule has 0 radical (unpaired) electrons. The Kier molecular flexibility index (Phi) is 5.20. The lowest BCUT2D eigenvalue weighted by atomic mass is 9.73. The molecule has 0 aliphatic carbocycles. The van der Waals surface area contributed by atoms with Crippen LogP contribution in [0.15, 0.2) is 42.6 Å². The molecule has 2 saturated heterocycles. The van der Waals surface area contributed by atoms with Crippen molar-refractivity contribution in [3.05, 3.63) is 59.5 Å². The van der Waals surface area contributed by atoms with E-state index in [1.165, 1.54) is 6.07 Å². The van der Waals surface area contributed by atoms with Gasteiger partial charge in [0.15, 0.2) is 0 Å². The number of hydrogen-bond acceptors (Lipinski definition) is 5. The van der Waals surface area contributed by atoms with Gasteiger partial charge in [0, 0.05) is 32.4 Å². The molecule has 1 amide bonds. The number of carbonyl (C=O) groups is 1. The van der Waals surface area contributed by atoms with Crippen molar-refractivity contribution >= 4 is 11.7 Å². The van der Waals surface area contributed by atoms with E-state index in [0.29, 0.717) is 49.5 Å². The number of benzene rings is 1. The molecular formula is C22H23FN4O2. The predicted molar refractivity (Wildman–Crippen MR) is 106 cm³/mol. The third-order valence-corrected chi connectivity index (χ3v) is 5.82. The molecule has 3 heterocycles. The van der Waals surface area contributed by atoms with Crippen molar-refractivity contribution in [2.24, 2.45) is 5.41 Å². The second-order valence-corrected chi connectivity index (χ2v) is 7.94. The fourth-order valence-corrected chi connectivity index (χ4v) is 4.37. The molecule has 2 aromatic rings. The van der Waals surface area contributed by atoms with Crippen LogP contribution in [-0.4, -0.2) is 53.2 Å². The van der Waals surface area contributed by atoms with Gasteiger partial charge in [0.05, 0.1) is 17.1 Å². The Morgan fingerprint density at radius 1 is 1.31 bits per heavy atom. The summed E-state index contributed by atoms with van der Waals surface area (Å²) in [7, 11) is 0. The highest BCUT2D eigenvalue weighted by atomic mass is 19.1. The van der Waals surface area contributed by atoms with Crippen LogP contribution in [0.3, 0.4) is 0 Å². The molecule has 0 bridgehead atoms. The lowest BCUT2D eigenvalue weighted by Gasteiger charge is -2.52. The molecule has 1 atom stereocenters. The minimum atomic E-state index is -0.802. The molecule has 4 rings (SSSR count). The quantitative estimate of drug-likeness (QED) is 0.859. The SMILES string of the molecule is N#Cc1cccnc1N1CC(Cc2ccccc2F)(C(=O)N2CCCC(O)C2)C1. The number of aliphatic hydroxyl groups is 1. The van der Waals surface area contributed by atoms with Gasteiger partial charge in [-0.3, -0.25) is 4.79 Å². The minimum absolute atomic E-state index is 0.0646. The first-order valence-corrected chi connectivity index (χ1v) is 9.83. The monoisotopic (exact) mass is 394 g/mol. The molecule has 0 saturated carbocycles. The fraction of sp³-hybridized carbons (Fsp3) is 0.409. The van der Waals surface area contributed by atoms with Crippen molar-refractivity contribution in [1.29, 1.82) is 5.26 Å². The van der Waals surface area contributed by atoms with Crippen molar-refractivity contribution in [2.45, 2.75) is 25.4 Å². The third kappa shape index (κ3) is 3.68. The van der Waals surface area contributed by atoms with Crippen LogP contribution in [0.25, 0.3) is 0 Å². The number of carbonyl (C=O) groups excluding carboxylic acids is 1. The Bertz CT molecular complexity index is 952. The lowest BCUT2D eigenvalue weighted by Crippen LogP contribution is -2.66. The van der Waals surface area contributed by atoms with Crippen LogP contribution in [0.1, 0.15) is 24.0 Å². The van der Waals surface area contributed by atoms with E-state index in [1.54, 1.807) is 41.4 Å². The second-order valence-electron chi connectivity index (χ2n) is 7.94. The van der Waals surface area contributed by atoms with Gasteiger partial charge in [-0.05, 0) is 43.0 Å². The summed E-state index contributed by atoms with van der Waals surface area (Å²) in [6, 6.07) is 12.0. The number of nitrogens with zero attached hydrogens (tertiary/aromatic N) is 4. The average Bonchev–Trinajstić information content (AvgIpc) is 2.71. The van der Waals surface area contributed by atoms with Gasteiger partial charge in [0.2, 0.25) is 5.91 Å². The van der Waals surface area contributed by atoms with Crippen molar-refractivity contribution in [3.63, 3.8) is 0 Å². The van der Waals surface area contributed by atoms with E-state index in [1.807, 2.05) is 4.90 Å². The van der Waals surface area contributed by atoms with Crippen LogP contribution in [0, 0.1) is 22.6 Å². The van der Waals surface area contributed by atoms with Crippen molar-refractivity contribution in [1.82, 2.24) is 9.88 Å². The molecule has 2 fully saturated rings. The molecule has 29 heavy (non-hydrogen) atoms. The molecule has 1 N–H and O–H groups in total. The third-order valence-electron chi connectivity index (χ3n) is 5.82. The van der Waals surface area contributed by atoms with Gasteiger partial charge in [0.1, 0.15) is 17.7 Å². The topological polar surface area (TPSA) is 80.5 Å². The summed E-state index contributed by atoms with van der Waals surface area (Å²) in [5, 5.41) is 19.4. The largest absolute Gasteiger partial charge is 0.391 e. The maximum atomic E-state index is 14.4. The molecule has 1 aromatic carbocycles. The smallest absolute Gasteiger partial charge is 0.232 e. The van der Waals surface area contributed by atoms with Crippen molar-refractivity contribution in [2.75, 3.05) is 31.1 Å². The predicted octanol–water partition coefficient (Wildman–Crippen LogP) is 2.12. The summed E-state index contributed by atoms with van der Waals surface area (Å²) in [5.74, 6) is 0.156. The molecule has 2 aliphatic rings. The molecule has 7 heteroatoms. The number of anilines is 1. The zero-order valence-corrected chi connectivity index (χ0v) is 16.1. The number of rotatable bonds is 4. The van der Waals surface area contributed by atoms with Crippen molar-refractivity contribution < 1.29 is 14.3 Å². The Hall–Kier alpha value is -2.98. The van der Waals surface area contributed by atoms with E-state index >= 15 is 0 Å². The zero-order chi connectivity index (χ0) is 20.4. The van der Waals surface area contributed by atoms with E-state index < -0.39 is 11.5 Å². The molecule has 0 spiro atoms. The van der Waals surface area contributed by atoms with Crippen molar-refractivity contribution in [3.8, 4) is 6.07 Å². The summed E-state index contributed by atoms with van der Waals surface area (Å²) in [6.45, 7) is 1.63. The van der Waals surface area contributed by atoms with Gasteiger partial charge in [-0.15, -0.1) is 0 Å². The number of piperidine rings is 1. The summed E-state index contributed by atoms with van der Waals surface area (Å²) in [5.41, 5.74) is 0.149. The number of aromatic nitrogens is 1. The molecule has 2 aliphatic heterocycles. The number of aliphatic hydroxyl groups excluding tert-OH is 1. The number of β-amino-alcohol motifs (C(OH)–C–C–N with tert-alkyl or cyclic N) is 1. The number of amides is 1. The first kappa shape index (κ1) is 19.3. The maximum Gasteiger partial charge on any atom is 0.232 e. The Balaban J connectivity index is 1.62. The minimum Gasteiger partial charge on any atom is -0.391 e. The van der Waals surface area contributed by atoms with E-state index in [2.05, 4.69) is 11.1 Å². The second kappa shape index (κ2) is 7.80. The van der Waals surface area contributed by atoms with Gasteiger partial charge >= 0.3 is 0 Å². The van der Waals surface area contributed by atoms with E-state index in [4.69, 9.17) is 0 Å². The number of halogens is 1. The Labute approximate surface area is 169 Å². The number of pyridine rings is 1. The van der Waals surface area contributed by atoms with Crippen LogP contribution in [0.4, 0.5) is 10.2 Å². The first-order chi connectivity index (χ1) is 14.0. The van der Waals surface area contributed by atoms with Crippen LogP contribution in [0.2, 0.25) is 0 Å². The number of hydrogen-bond donors (Lipinski definition) is 1. The van der Waals surface area contributed by atoms with Crippen LogP contribution < -0.4 is 4.90 Å². The molecule has 1 aromatic heterocycles. The Morgan fingerprint density at radius 2 is 2.10 bits per heavy atom. The van der Waals surface area contributed by atoms with E-state index in [-0.39, 0.29) is 18.1 Å². The van der Waals surface area contributed by atoms with E-state index in [9.17, 15) is 19.6 Å². The highest BCUT2D eigenvalue weighted by molar-refractivity contribution is 5.87. The highest BCUT2D eigenvalue weighted by Crippen LogP contribution is 2.40. The standard InChI is InChI=1S/C22H23FN4O2/c23-19-8-2-1-5-16(19)11-22(21(29)26-10-4-7-18(28)13-26)14-27(15-22)20-17(12-24)6-3-9-25-20/h1-3,5-6,8-9,18,28H,4,7,10-11,13-15H2.